The number of benzene rings is 3. The topological polar surface area (TPSA) is 42.2 Å². The fourth-order valence-corrected chi connectivity index (χ4v) is 3.23. The van der Waals surface area contributed by atoms with Crippen molar-refractivity contribution >= 4 is 11.6 Å². The van der Waals surface area contributed by atoms with Crippen LogP contribution in [0.25, 0.3) is 11.6 Å². The van der Waals surface area contributed by atoms with Gasteiger partial charge in [-0.2, -0.15) is 5.26 Å². The van der Waals surface area contributed by atoms with Gasteiger partial charge in [0.05, 0.1) is 18.2 Å². The second-order valence-corrected chi connectivity index (χ2v) is 6.85. The summed E-state index contributed by atoms with van der Waals surface area (Å²) in [5.41, 5.74) is 3.53. The third-order valence-corrected chi connectivity index (χ3v) is 4.66. The summed E-state index contributed by atoms with van der Waals surface area (Å²) in [6, 6.07) is 22.1. The SMILES string of the molecule is C=CCc1cc(/C=C(\C#N)c2ccccc2)cc(OCC)c1OCc1ccccc1F. The Balaban J connectivity index is 2.01. The Morgan fingerprint density at radius 3 is 2.45 bits per heavy atom. The molecule has 0 amide bonds. The molecule has 3 aromatic carbocycles. The van der Waals surface area contributed by atoms with Gasteiger partial charge in [-0.05, 0) is 48.7 Å². The summed E-state index contributed by atoms with van der Waals surface area (Å²) in [4.78, 5) is 0. The highest BCUT2D eigenvalue weighted by Crippen LogP contribution is 2.36. The summed E-state index contributed by atoms with van der Waals surface area (Å²) in [5.74, 6) is 0.793. The normalized spacial score (nSPS) is 10.9. The molecule has 0 aliphatic rings. The molecule has 0 unspecified atom stereocenters. The van der Waals surface area contributed by atoms with Crippen LogP contribution in [0.1, 0.15) is 29.2 Å². The molecule has 4 heteroatoms. The maximum atomic E-state index is 14.0. The lowest BCUT2D eigenvalue weighted by Gasteiger charge is -2.17. The van der Waals surface area contributed by atoms with Crippen molar-refractivity contribution in [2.45, 2.75) is 20.0 Å². The highest BCUT2D eigenvalue weighted by molar-refractivity contribution is 5.90. The van der Waals surface area contributed by atoms with Crippen molar-refractivity contribution in [3.05, 3.63) is 107 Å². The van der Waals surface area contributed by atoms with Crippen LogP contribution in [0.15, 0.2) is 79.4 Å². The van der Waals surface area contributed by atoms with Gasteiger partial charge in [0.1, 0.15) is 12.4 Å². The van der Waals surface area contributed by atoms with Crippen molar-refractivity contribution in [3.8, 4) is 17.6 Å². The summed E-state index contributed by atoms with van der Waals surface area (Å²) in [6.07, 6.45) is 4.14. The van der Waals surface area contributed by atoms with Gasteiger partial charge in [-0.3, -0.25) is 0 Å². The van der Waals surface area contributed by atoms with Gasteiger partial charge in [0.25, 0.3) is 0 Å². The summed E-state index contributed by atoms with van der Waals surface area (Å²) >= 11 is 0. The van der Waals surface area contributed by atoms with E-state index in [1.54, 1.807) is 24.3 Å². The Hall–Kier alpha value is -3.84. The summed E-state index contributed by atoms with van der Waals surface area (Å²) in [7, 11) is 0. The van der Waals surface area contributed by atoms with Crippen LogP contribution in [0.2, 0.25) is 0 Å². The van der Waals surface area contributed by atoms with E-state index in [2.05, 4.69) is 12.6 Å². The third kappa shape index (κ3) is 5.61. The van der Waals surface area contributed by atoms with Gasteiger partial charge in [0, 0.05) is 11.1 Å². The molecule has 0 saturated carbocycles. The zero-order valence-corrected chi connectivity index (χ0v) is 17.5. The average molecular weight is 413 g/mol. The van der Waals surface area contributed by atoms with Gasteiger partial charge in [0.15, 0.2) is 11.5 Å². The molecule has 3 rings (SSSR count). The molecule has 0 spiro atoms. The Morgan fingerprint density at radius 2 is 1.77 bits per heavy atom. The van der Waals surface area contributed by atoms with Gasteiger partial charge in [-0.15, -0.1) is 6.58 Å². The van der Waals surface area contributed by atoms with Crippen LogP contribution in [0.3, 0.4) is 0 Å². The fraction of sp³-hybridized carbons (Fsp3) is 0.148. The molecule has 0 N–H and O–H groups in total. The summed E-state index contributed by atoms with van der Waals surface area (Å²) in [5, 5.41) is 9.65. The summed E-state index contributed by atoms with van der Waals surface area (Å²) in [6.45, 7) is 6.25. The minimum Gasteiger partial charge on any atom is -0.490 e. The zero-order chi connectivity index (χ0) is 22.1. The first-order chi connectivity index (χ1) is 15.2. The van der Waals surface area contributed by atoms with Gasteiger partial charge >= 0.3 is 0 Å². The number of nitriles is 1. The van der Waals surface area contributed by atoms with Gasteiger partial charge in [-0.1, -0.05) is 54.6 Å². The van der Waals surface area contributed by atoms with Gasteiger partial charge in [-0.25, -0.2) is 4.39 Å². The van der Waals surface area contributed by atoms with Crippen molar-refractivity contribution in [2.24, 2.45) is 0 Å². The first kappa shape index (κ1) is 21.9. The molecular formula is C27H24FNO2. The molecule has 0 bridgehead atoms. The van der Waals surface area contributed by atoms with Crippen LogP contribution in [-0.4, -0.2) is 6.61 Å². The van der Waals surface area contributed by atoms with Crippen molar-refractivity contribution in [2.75, 3.05) is 6.61 Å². The lowest BCUT2D eigenvalue weighted by atomic mass is 10.0. The van der Waals surface area contributed by atoms with E-state index in [1.165, 1.54) is 6.07 Å². The number of hydrogen-bond donors (Lipinski definition) is 0. The minimum absolute atomic E-state index is 0.0829. The molecule has 3 nitrogen and oxygen atoms in total. The maximum absolute atomic E-state index is 14.0. The second kappa shape index (κ2) is 10.8. The first-order valence-corrected chi connectivity index (χ1v) is 10.1. The molecule has 0 fully saturated rings. The predicted octanol–water partition coefficient (Wildman–Crippen LogP) is 6.60. The largest absolute Gasteiger partial charge is 0.490 e. The maximum Gasteiger partial charge on any atom is 0.165 e. The molecule has 0 aliphatic carbocycles. The van der Waals surface area contributed by atoms with E-state index in [1.807, 2.05) is 55.5 Å². The van der Waals surface area contributed by atoms with E-state index >= 15 is 0 Å². The number of halogens is 1. The van der Waals surface area contributed by atoms with Gasteiger partial charge < -0.3 is 9.47 Å². The van der Waals surface area contributed by atoms with Crippen molar-refractivity contribution in [1.29, 1.82) is 5.26 Å². The number of ether oxygens (including phenoxy) is 2. The van der Waals surface area contributed by atoms with E-state index in [0.29, 0.717) is 35.7 Å². The molecule has 3 aromatic rings. The molecule has 156 valence electrons. The number of rotatable bonds is 9. The van der Waals surface area contributed by atoms with Gasteiger partial charge in [0.2, 0.25) is 0 Å². The number of allylic oxidation sites excluding steroid dienone is 2. The lowest BCUT2D eigenvalue weighted by molar-refractivity contribution is 0.263. The Morgan fingerprint density at radius 1 is 1.03 bits per heavy atom. The number of nitrogens with zero attached hydrogens (tertiary/aromatic N) is 1. The third-order valence-electron chi connectivity index (χ3n) is 4.66. The van der Waals surface area contributed by atoms with Crippen LogP contribution in [-0.2, 0) is 13.0 Å². The van der Waals surface area contributed by atoms with E-state index in [-0.39, 0.29) is 12.4 Å². The monoisotopic (exact) mass is 413 g/mol. The summed E-state index contributed by atoms with van der Waals surface area (Å²) < 4.78 is 25.9. The highest BCUT2D eigenvalue weighted by atomic mass is 19.1. The van der Waals surface area contributed by atoms with Crippen molar-refractivity contribution < 1.29 is 13.9 Å². The second-order valence-electron chi connectivity index (χ2n) is 6.85. The molecule has 0 aliphatic heterocycles. The highest BCUT2D eigenvalue weighted by Gasteiger charge is 2.14. The molecule has 0 heterocycles. The van der Waals surface area contributed by atoms with Crippen molar-refractivity contribution in [1.82, 2.24) is 0 Å². The smallest absolute Gasteiger partial charge is 0.165 e. The Labute approximate surface area is 182 Å². The first-order valence-electron chi connectivity index (χ1n) is 10.1. The Kier molecular flexibility index (Phi) is 7.61. The van der Waals surface area contributed by atoms with E-state index < -0.39 is 0 Å². The quantitative estimate of drug-likeness (QED) is 0.226. The molecule has 31 heavy (non-hydrogen) atoms. The van der Waals surface area contributed by atoms with Crippen LogP contribution in [0.4, 0.5) is 4.39 Å². The number of hydrogen-bond acceptors (Lipinski definition) is 3. The fourth-order valence-electron chi connectivity index (χ4n) is 3.23. The van der Waals surface area contributed by atoms with Crippen LogP contribution < -0.4 is 9.47 Å². The van der Waals surface area contributed by atoms with E-state index in [0.717, 1.165) is 16.7 Å². The molecule has 0 atom stereocenters. The van der Waals surface area contributed by atoms with Crippen LogP contribution >= 0.6 is 0 Å². The lowest BCUT2D eigenvalue weighted by Crippen LogP contribution is -2.04. The van der Waals surface area contributed by atoms with Crippen LogP contribution in [0, 0.1) is 17.1 Å². The van der Waals surface area contributed by atoms with E-state index in [4.69, 9.17) is 9.47 Å². The molecule has 0 saturated heterocycles. The Bertz CT molecular complexity index is 1110. The van der Waals surface area contributed by atoms with E-state index in [9.17, 15) is 9.65 Å². The standard InChI is InChI=1S/C27H24FNO2/c1-3-10-22-15-20(16-24(18-29)21-11-6-5-7-12-21)17-26(30-4-2)27(22)31-19-23-13-8-9-14-25(23)28/h3,5-9,11-17H,1,4,10,19H2,2H3/b24-16+. The molecule has 0 aromatic heterocycles. The minimum atomic E-state index is -0.313. The van der Waals surface area contributed by atoms with Crippen LogP contribution in [0.5, 0.6) is 11.5 Å². The van der Waals surface area contributed by atoms with Crippen molar-refractivity contribution in [3.63, 3.8) is 0 Å². The predicted molar refractivity (Wildman–Crippen MR) is 122 cm³/mol. The molecule has 0 radical (unpaired) electrons. The zero-order valence-electron chi connectivity index (χ0n) is 17.5. The average Bonchev–Trinajstić information content (AvgIpc) is 2.79. The molecular weight excluding hydrogens is 389 g/mol.